The van der Waals surface area contributed by atoms with Crippen LogP contribution in [0.3, 0.4) is 0 Å². The average molecular weight is 179 g/mol. The van der Waals surface area contributed by atoms with Crippen molar-refractivity contribution >= 4 is 7.85 Å². The lowest BCUT2D eigenvalue weighted by Gasteiger charge is -2.31. The fraction of sp³-hybridized carbons (Fsp3) is 0.778. The summed E-state index contributed by atoms with van der Waals surface area (Å²) in [7, 11) is 7.65. The Kier molecular flexibility index (Phi) is 2.02. The van der Waals surface area contributed by atoms with Gasteiger partial charge in [0.05, 0.1) is 13.5 Å². The lowest BCUT2D eigenvalue weighted by molar-refractivity contribution is 0.117. The number of rotatable bonds is 0. The van der Waals surface area contributed by atoms with Gasteiger partial charge in [-0.3, -0.25) is 0 Å². The van der Waals surface area contributed by atoms with Gasteiger partial charge in [-0.2, -0.15) is 0 Å². The number of allylic oxidation sites excluding steroid dienone is 1. The molecular weight excluding hydrogens is 165 g/mol. The highest BCUT2D eigenvalue weighted by atomic mass is 16.3. The Morgan fingerprint density at radius 1 is 1.54 bits per heavy atom. The molecule has 0 aromatic rings. The van der Waals surface area contributed by atoms with Gasteiger partial charge in [0.15, 0.2) is 0 Å². The fourth-order valence-corrected chi connectivity index (χ4v) is 2.36. The maximum absolute atomic E-state index is 9.70. The Morgan fingerprint density at radius 3 is 2.92 bits per heavy atom. The second kappa shape index (κ2) is 2.94. The van der Waals surface area contributed by atoms with E-state index in [2.05, 4.69) is 0 Å². The van der Waals surface area contributed by atoms with Crippen LogP contribution in [0.5, 0.6) is 0 Å². The van der Waals surface area contributed by atoms with Crippen LogP contribution in [0.4, 0.5) is 0 Å². The molecule has 2 rings (SSSR count). The SMILES string of the molecule is [B]C1CC2CCN(C)C2=C(O)C1O. The van der Waals surface area contributed by atoms with E-state index in [9.17, 15) is 10.2 Å². The van der Waals surface area contributed by atoms with Crippen molar-refractivity contribution < 1.29 is 10.2 Å². The van der Waals surface area contributed by atoms with Crippen LogP contribution in [0.1, 0.15) is 12.8 Å². The molecule has 4 heteroatoms. The predicted molar refractivity (Wildman–Crippen MR) is 50.5 cm³/mol. The minimum atomic E-state index is -0.869. The molecule has 0 aromatic carbocycles. The van der Waals surface area contributed by atoms with Gasteiger partial charge in [-0.25, -0.2) is 0 Å². The van der Waals surface area contributed by atoms with Crippen molar-refractivity contribution in [2.45, 2.75) is 24.8 Å². The van der Waals surface area contributed by atoms with E-state index in [0.29, 0.717) is 5.92 Å². The first-order valence-corrected chi connectivity index (χ1v) is 4.69. The smallest absolute Gasteiger partial charge is 0.140 e. The number of hydrogen-bond acceptors (Lipinski definition) is 3. The summed E-state index contributed by atoms with van der Waals surface area (Å²) in [5, 5.41) is 19.2. The molecule has 3 atom stereocenters. The summed E-state index contributed by atoms with van der Waals surface area (Å²) in [6.45, 7) is 0.948. The fourth-order valence-electron chi connectivity index (χ4n) is 2.36. The summed E-state index contributed by atoms with van der Waals surface area (Å²) in [5.74, 6) is 0.132. The molecule has 3 unspecified atom stereocenters. The first-order chi connectivity index (χ1) is 6.11. The van der Waals surface area contributed by atoms with Gasteiger partial charge in [0, 0.05) is 19.5 Å². The molecule has 0 amide bonds. The van der Waals surface area contributed by atoms with Crippen molar-refractivity contribution in [1.29, 1.82) is 0 Å². The van der Waals surface area contributed by atoms with Crippen LogP contribution >= 0.6 is 0 Å². The zero-order valence-corrected chi connectivity index (χ0v) is 7.77. The molecule has 1 aliphatic carbocycles. The van der Waals surface area contributed by atoms with Crippen LogP contribution in [0, 0.1) is 5.92 Å². The molecule has 2 aliphatic rings. The van der Waals surface area contributed by atoms with Gasteiger partial charge in [0.25, 0.3) is 0 Å². The summed E-state index contributed by atoms with van der Waals surface area (Å²) in [4.78, 5) is 2.01. The number of nitrogens with zero attached hydrogens (tertiary/aromatic N) is 1. The quantitative estimate of drug-likeness (QED) is 0.530. The van der Waals surface area contributed by atoms with E-state index in [1.165, 1.54) is 0 Å². The number of aliphatic hydroxyl groups is 2. The van der Waals surface area contributed by atoms with Gasteiger partial charge < -0.3 is 15.1 Å². The Labute approximate surface area is 79.5 Å². The van der Waals surface area contributed by atoms with Gasteiger partial charge in [0.1, 0.15) is 11.9 Å². The van der Waals surface area contributed by atoms with Gasteiger partial charge in [-0.05, 0) is 18.7 Å². The highest BCUT2D eigenvalue weighted by Gasteiger charge is 2.38. The molecule has 1 aliphatic heterocycles. The number of aliphatic hydroxyl groups excluding tert-OH is 2. The van der Waals surface area contributed by atoms with Crippen molar-refractivity contribution in [3.63, 3.8) is 0 Å². The third kappa shape index (κ3) is 1.24. The molecule has 13 heavy (non-hydrogen) atoms. The van der Waals surface area contributed by atoms with Crippen molar-refractivity contribution in [3.05, 3.63) is 11.5 Å². The molecule has 0 saturated carbocycles. The molecule has 0 bridgehead atoms. The van der Waals surface area contributed by atoms with Crippen molar-refractivity contribution in [3.8, 4) is 0 Å². The maximum atomic E-state index is 9.70. The Hall–Kier alpha value is -0.635. The predicted octanol–water partition coefficient (Wildman–Crippen LogP) is 0.429. The average Bonchev–Trinajstić information content (AvgIpc) is 2.43. The molecule has 3 nitrogen and oxygen atoms in total. The van der Waals surface area contributed by atoms with Gasteiger partial charge in [-0.1, -0.05) is 0 Å². The van der Waals surface area contributed by atoms with E-state index >= 15 is 0 Å². The third-order valence-corrected chi connectivity index (χ3v) is 3.12. The van der Waals surface area contributed by atoms with Crippen LogP contribution < -0.4 is 0 Å². The summed E-state index contributed by atoms with van der Waals surface area (Å²) in [6, 6.07) is 0. The van der Waals surface area contributed by atoms with E-state index in [-0.39, 0.29) is 11.6 Å². The standard InChI is InChI=1S/C9H14BNO2/c1-11-3-2-5-4-6(10)8(12)9(13)7(5)11/h5-6,8,12-13H,2-4H2,1H3. The summed E-state index contributed by atoms with van der Waals surface area (Å²) < 4.78 is 0. The molecule has 0 aromatic heterocycles. The minimum absolute atomic E-state index is 0.0868. The lowest BCUT2D eigenvalue weighted by Crippen LogP contribution is -2.30. The summed E-state index contributed by atoms with van der Waals surface area (Å²) in [6.07, 6.45) is 0.952. The van der Waals surface area contributed by atoms with Crippen molar-refractivity contribution in [1.82, 2.24) is 4.90 Å². The molecule has 0 spiro atoms. The van der Waals surface area contributed by atoms with E-state index in [1.807, 2.05) is 11.9 Å². The van der Waals surface area contributed by atoms with Gasteiger partial charge in [-0.15, -0.1) is 0 Å². The van der Waals surface area contributed by atoms with Gasteiger partial charge in [0.2, 0.25) is 0 Å². The van der Waals surface area contributed by atoms with Crippen LogP contribution in [0.25, 0.3) is 0 Å². The van der Waals surface area contributed by atoms with Gasteiger partial charge >= 0.3 is 0 Å². The second-order valence-corrected chi connectivity index (χ2v) is 4.02. The van der Waals surface area contributed by atoms with Crippen LogP contribution in [-0.4, -0.2) is 42.7 Å². The minimum Gasteiger partial charge on any atom is -0.508 e. The lowest BCUT2D eigenvalue weighted by atomic mass is 9.70. The highest BCUT2D eigenvalue weighted by Crippen LogP contribution is 2.41. The summed E-state index contributed by atoms with van der Waals surface area (Å²) >= 11 is 0. The van der Waals surface area contributed by atoms with Crippen molar-refractivity contribution in [2.24, 2.45) is 5.92 Å². The third-order valence-electron chi connectivity index (χ3n) is 3.12. The first kappa shape index (κ1) is 8.94. The maximum Gasteiger partial charge on any atom is 0.140 e. The Bertz CT molecular complexity index is 254. The monoisotopic (exact) mass is 179 g/mol. The molecule has 70 valence electrons. The van der Waals surface area contributed by atoms with Crippen LogP contribution in [0.15, 0.2) is 11.5 Å². The highest BCUT2D eigenvalue weighted by molar-refractivity contribution is 6.12. The second-order valence-electron chi connectivity index (χ2n) is 4.02. The van der Waals surface area contributed by atoms with Crippen LogP contribution in [0.2, 0.25) is 5.82 Å². The molecular formula is C9H14BNO2. The van der Waals surface area contributed by atoms with Crippen LogP contribution in [-0.2, 0) is 0 Å². The first-order valence-electron chi connectivity index (χ1n) is 4.69. The molecule has 1 saturated heterocycles. The number of fused-ring (bicyclic) bond motifs is 1. The van der Waals surface area contributed by atoms with E-state index in [0.717, 1.165) is 25.1 Å². The normalized spacial score (nSPS) is 39.5. The number of hydrogen-bond donors (Lipinski definition) is 2. The van der Waals surface area contributed by atoms with E-state index in [1.54, 1.807) is 0 Å². The zero-order valence-electron chi connectivity index (χ0n) is 7.77. The largest absolute Gasteiger partial charge is 0.508 e. The molecule has 2 radical (unpaired) electrons. The number of likely N-dealkylation sites (tertiary alicyclic amines) is 1. The molecule has 1 fully saturated rings. The summed E-state index contributed by atoms with van der Waals surface area (Å²) in [5.41, 5.74) is 0.897. The zero-order chi connectivity index (χ0) is 9.59. The molecule has 2 N–H and O–H groups in total. The van der Waals surface area contributed by atoms with E-state index < -0.39 is 6.10 Å². The van der Waals surface area contributed by atoms with Crippen molar-refractivity contribution in [2.75, 3.05) is 13.6 Å². The topological polar surface area (TPSA) is 43.7 Å². The Balaban J connectivity index is 2.35. The molecule has 1 heterocycles. The Morgan fingerprint density at radius 2 is 2.23 bits per heavy atom. The van der Waals surface area contributed by atoms with E-state index in [4.69, 9.17) is 7.85 Å².